The number of carbonyl (C=O) groups is 1. The molecule has 3 fully saturated rings. The lowest BCUT2D eigenvalue weighted by Gasteiger charge is -2.57. The standard InChI is InChI=1S/C22H34O3/c1-4-25-20(24)19-8-7-17-16-6-5-14-13-15(23)9-11-21(14,2)18(16)10-12-22(17,19)3/h5,15-19,23H,4,6-13H2,1-3H3/t15-,16-,17-,18-,19+,21-,22-/m0/s1. The number of aliphatic hydroxyl groups excluding tert-OH is 1. The van der Waals surface area contributed by atoms with Crippen molar-refractivity contribution >= 4 is 5.97 Å². The van der Waals surface area contributed by atoms with E-state index in [1.165, 1.54) is 18.4 Å². The highest BCUT2D eigenvalue weighted by molar-refractivity contribution is 5.74. The van der Waals surface area contributed by atoms with Crippen molar-refractivity contribution in [2.45, 2.75) is 78.2 Å². The fraction of sp³-hybridized carbons (Fsp3) is 0.864. The molecule has 0 saturated heterocycles. The van der Waals surface area contributed by atoms with Gasteiger partial charge in [0.1, 0.15) is 0 Å². The molecule has 4 aliphatic carbocycles. The van der Waals surface area contributed by atoms with Gasteiger partial charge in [0.25, 0.3) is 0 Å². The van der Waals surface area contributed by atoms with Crippen LogP contribution in [0.2, 0.25) is 0 Å². The first-order chi connectivity index (χ1) is 11.9. The van der Waals surface area contributed by atoms with Gasteiger partial charge in [-0.1, -0.05) is 25.5 Å². The molecule has 25 heavy (non-hydrogen) atoms. The highest BCUT2D eigenvalue weighted by atomic mass is 16.5. The van der Waals surface area contributed by atoms with E-state index in [0.717, 1.165) is 44.4 Å². The molecular weight excluding hydrogens is 312 g/mol. The third kappa shape index (κ3) is 2.52. The molecule has 0 amide bonds. The largest absolute Gasteiger partial charge is 0.466 e. The summed E-state index contributed by atoms with van der Waals surface area (Å²) in [4.78, 5) is 12.5. The van der Waals surface area contributed by atoms with Crippen LogP contribution in [0.4, 0.5) is 0 Å². The van der Waals surface area contributed by atoms with E-state index in [4.69, 9.17) is 4.74 Å². The molecule has 4 aliphatic rings. The minimum atomic E-state index is -0.135. The van der Waals surface area contributed by atoms with Crippen molar-refractivity contribution in [3.63, 3.8) is 0 Å². The van der Waals surface area contributed by atoms with Crippen molar-refractivity contribution in [2.24, 2.45) is 34.5 Å². The number of esters is 1. The quantitative estimate of drug-likeness (QED) is 0.592. The van der Waals surface area contributed by atoms with E-state index < -0.39 is 0 Å². The van der Waals surface area contributed by atoms with Crippen molar-refractivity contribution in [3.05, 3.63) is 11.6 Å². The second kappa shape index (κ2) is 6.11. The third-order valence-electron chi connectivity index (χ3n) is 8.65. The van der Waals surface area contributed by atoms with Crippen LogP contribution < -0.4 is 0 Å². The summed E-state index contributed by atoms with van der Waals surface area (Å²) in [6.45, 7) is 7.24. The van der Waals surface area contributed by atoms with Crippen molar-refractivity contribution in [1.82, 2.24) is 0 Å². The van der Waals surface area contributed by atoms with E-state index in [0.29, 0.717) is 18.4 Å². The van der Waals surface area contributed by atoms with Crippen molar-refractivity contribution in [3.8, 4) is 0 Å². The van der Waals surface area contributed by atoms with Gasteiger partial charge in [-0.3, -0.25) is 4.79 Å². The first kappa shape index (κ1) is 17.6. The highest BCUT2D eigenvalue weighted by Crippen LogP contribution is 2.66. The molecule has 0 bridgehead atoms. The van der Waals surface area contributed by atoms with Crippen LogP contribution in [0, 0.1) is 34.5 Å². The Balaban J connectivity index is 1.61. The maximum atomic E-state index is 12.5. The fourth-order valence-electron chi connectivity index (χ4n) is 7.27. The van der Waals surface area contributed by atoms with E-state index in [2.05, 4.69) is 19.9 Å². The van der Waals surface area contributed by atoms with Crippen LogP contribution in [0.3, 0.4) is 0 Å². The van der Waals surface area contributed by atoms with Crippen LogP contribution >= 0.6 is 0 Å². The van der Waals surface area contributed by atoms with Gasteiger partial charge in [0, 0.05) is 0 Å². The zero-order valence-corrected chi connectivity index (χ0v) is 16.1. The zero-order chi connectivity index (χ0) is 17.8. The van der Waals surface area contributed by atoms with Gasteiger partial charge in [0.05, 0.1) is 18.6 Å². The molecular formula is C22H34O3. The predicted molar refractivity (Wildman–Crippen MR) is 97.8 cm³/mol. The van der Waals surface area contributed by atoms with E-state index in [1.807, 2.05) is 6.92 Å². The molecule has 0 radical (unpaired) electrons. The third-order valence-corrected chi connectivity index (χ3v) is 8.65. The van der Waals surface area contributed by atoms with E-state index >= 15 is 0 Å². The van der Waals surface area contributed by atoms with E-state index in [9.17, 15) is 9.90 Å². The summed E-state index contributed by atoms with van der Waals surface area (Å²) in [5, 5.41) is 10.1. The number of carbonyl (C=O) groups excluding carboxylic acids is 1. The second-order valence-corrected chi connectivity index (χ2v) is 9.58. The lowest BCUT2D eigenvalue weighted by atomic mass is 9.47. The first-order valence-electron chi connectivity index (χ1n) is 10.4. The molecule has 3 heteroatoms. The van der Waals surface area contributed by atoms with E-state index in [1.54, 1.807) is 0 Å². The number of hydrogen-bond donors (Lipinski definition) is 1. The smallest absolute Gasteiger partial charge is 0.309 e. The fourth-order valence-corrected chi connectivity index (χ4v) is 7.27. The number of hydrogen-bond acceptors (Lipinski definition) is 3. The normalized spacial score (nSPS) is 48.8. The number of rotatable bonds is 2. The van der Waals surface area contributed by atoms with Crippen molar-refractivity contribution < 1.29 is 14.6 Å². The van der Waals surface area contributed by atoms with Crippen LogP contribution in [0.1, 0.15) is 72.1 Å². The molecule has 3 saturated carbocycles. The van der Waals surface area contributed by atoms with Crippen LogP contribution in [-0.2, 0) is 9.53 Å². The molecule has 0 aromatic carbocycles. The maximum Gasteiger partial charge on any atom is 0.309 e. The van der Waals surface area contributed by atoms with E-state index in [-0.39, 0.29) is 28.8 Å². The number of allylic oxidation sites excluding steroid dienone is 1. The topological polar surface area (TPSA) is 46.5 Å². The molecule has 4 rings (SSSR count). The van der Waals surface area contributed by atoms with Gasteiger partial charge in [0.15, 0.2) is 0 Å². The second-order valence-electron chi connectivity index (χ2n) is 9.58. The molecule has 140 valence electrons. The minimum Gasteiger partial charge on any atom is -0.466 e. The number of ether oxygens (including phenoxy) is 1. The SMILES string of the molecule is CCOC(=O)[C@H]1CC[C@H]2[C@@H]3CC=C4C[C@@H](O)CC[C@]4(C)[C@H]3CC[C@]12C. The molecule has 0 unspecified atom stereocenters. The van der Waals surface area contributed by atoms with Crippen molar-refractivity contribution in [1.29, 1.82) is 0 Å². The Hall–Kier alpha value is -0.830. The van der Waals surface area contributed by atoms with Gasteiger partial charge >= 0.3 is 5.97 Å². The summed E-state index contributed by atoms with van der Waals surface area (Å²) < 4.78 is 5.41. The van der Waals surface area contributed by atoms with Gasteiger partial charge in [-0.15, -0.1) is 0 Å². The predicted octanol–water partition coefficient (Wildman–Crippen LogP) is 4.49. The van der Waals surface area contributed by atoms with Gasteiger partial charge in [-0.2, -0.15) is 0 Å². The van der Waals surface area contributed by atoms with Gasteiger partial charge in [-0.05, 0) is 86.9 Å². The van der Waals surface area contributed by atoms with Crippen LogP contribution in [0.5, 0.6) is 0 Å². The molecule has 0 aromatic heterocycles. The Labute approximate surface area is 152 Å². The van der Waals surface area contributed by atoms with Crippen LogP contribution in [-0.4, -0.2) is 23.8 Å². The summed E-state index contributed by atoms with van der Waals surface area (Å²) in [5.74, 6) is 2.25. The molecule has 0 spiro atoms. The van der Waals surface area contributed by atoms with Gasteiger partial charge in [-0.25, -0.2) is 0 Å². The average Bonchev–Trinajstić information content (AvgIpc) is 2.93. The summed E-state index contributed by atoms with van der Waals surface area (Å²) in [6.07, 6.45) is 11.0. The molecule has 3 nitrogen and oxygen atoms in total. The summed E-state index contributed by atoms with van der Waals surface area (Å²) >= 11 is 0. The van der Waals surface area contributed by atoms with Gasteiger partial charge < -0.3 is 9.84 Å². The summed E-state index contributed by atoms with van der Waals surface area (Å²) in [6, 6.07) is 0. The number of fused-ring (bicyclic) bond motifs is 5. The Morgan fingerprint density at radius 1 is 1.20 bits per heavy atom. The Morgan fingerprint density at radius 2 is 2.00 bits per heavy atom. The Kier molecular flexibility index (Phi) is 4.30. The maximum absolute atomic E-state index is 12.5. The first-order valence-corrected chi connectivity index (χ1v) is 10.4. The number of aliphatic hydroxyl groups is 1. The Bertz CT molecular complexity index is 582. The van der Waals surface area contributed by atoms with Crippen LogP contribution in [0.15, 0.2) is 11.6 Å². The lowest BCUT2D eigenvalue weighted by molar-refractivity contribution is -0.155. The molecule has 0 aromatic rings. The van der Waals surface area contributed by atoms with Crippen LogP contribution in [0.25, 0.3) is 0 Å². The summed E-state index contributed by atoms with van der Waals surface area (Å²) in [5.41, 5.74) is 1.94. The Morgan fingerprint density at radius 3 is 2.76 bits per heavy atom. The molecule has 0 aliphatic heterocycles. The highest BCUT2D eigenvalue weighted by Gasteiger charge is 2.60. The lowest BCUT2D eigenvalue weighted by Crippen LogP contribution is -2.51. The van der Waals surface area contributed by atoms with Gasteiger partial charge in [0.2, 0.25) is 0 Å². The summed E-state index contributed by atoms with van der Waals surface area (Å²) in [7, 11) is 0. The van der Waals surface area contributed by atoms with Crippen molar-refractivity contribution in [2.75, 3.05) is 6.61 Å². The minimum absolute atomic E-state index is 0.0463. The monoisotopic (exact) mass is 346 g/mol. The molecule has 1 N–H and O–H groups in total. The molecule has 7 atom stereocenters. The zero-order valence-electron chi connectivity index (χ0n) is 16.1. The average molecular weight is 347 g/mol. The molecule has 0 heterocycles.